The maximum absolute atomic E-state index is 12.7. The number of hydrogen-bond acceptors (Lipinski definition) is 6. The van der Waals surface area contributed by atoms with E-state index >= 15 is 0 Å². The maximum atomic E-state index is 12.7. The van der Waals surface area contributed by atoms with Gasteiger partial charge in [-0.1, -0.05) is 12.1 Å². The third-order valence-electron chi connectivity index (χ3n) is 5.14. The third kappa shape index (κ3) is 3.71. The van der Waals surface area contributed by atoms with E-state index in [1.54, 1.807) is 19.1 Å². The molecule has 1 heterocycles. The van der Waals surface area contributed by atoms with Crippen LogP contribution in [0.3, 0.4) is 0 Å². The van der Waals surface area contributed by atoms with Crippen LogP contribution >= 0.6 is 0 Å². The van der Waals surface area contributed by atoms with E-state index in [0.29, 0.717) is 27.9 Å². The molecule has 4 aromatic rings. The number of benzene rings is 3. The molecule has 0 bridgehead atoms. The molecule has 0 aliphatic heterocycles. The molecule has 156 valence electrons. The second-order valence-corrected chi connectivity index (χ2v) is 7.34. The number of carbonyl (C=O) groups is 1. The maximum Gasteiger partial charge on any atom is 0.282 e. The number of carbonyl (C=O) groups excluding carboxylic acids is 1. The fourth-order valence-corrected chi connectivity index (χ4v) is 3.33. The normalized spacial score (nSPS) is 10.9. The van der Waals surface area contributed by atoms with Gasteiger partial charge in [0, 0.05) is 11.8 Å². The SMILES string of the molecule is Cc1cc2nc(-c3cc(NC(=O)c4ccccc4[N+](=O)[O-])cc(C)c3O)oc2cc1C. The molecule has 0 saturated carbocycles. The van der Waals surface area contributed by atoms with Crippen molar-refractivity contribution in [3.05, 3.63) is 80.9 Å². The number of amides is 1. The van der Waals surface area contributed by atoms with E-state index in [0.717, 1.165) is 11.1 Å². The minimum atomic E-state index is -0.632. The second kappa shape index (κ2) is 7.56. The summed E-state index contributed by atoms with van der Waals surface area (Å²) < 4.78 is 5.85. The largest absolute Gasteiger partial charge is 0.507 e. The van der Waals surface area contributed by atoms with Crippen molar-refractivity contribution in [2.45, 2.75) is 20.8 Å². The van der Waals surface area contributed by atoms with Crippen LogP contribution in [-0.2, 0) is 0 Å². The number of nitrogens with one attached hydrogen (secondary N) is 1. The molecule has 0 atom stereocenters. The van der Waals surface area contributed by atoms with Crippen molar-refractivity contribution in [2.75, 3.05) is 5.32 Å². The number of rotatable bonds is 4. The summed E-state index contributed by atoms with van der Waals surface area (Å²) >= 11 is 0. The van der Waals surface area contributed by atoms with Gasteiger partial charge in [-0.2, -0.15) is 0 Å². The Labute approximate surface area is 177 Å². The van der Waals surface area contributed by atoms with Crippen LogP contribution in [0.15, 0.2) is 52.9 Å². The average molecular weight is 417 g/mol. The number of hydrogen-bond donors (Lipinski definition) is 2. The van der Waals surface area contributed by atoms with Crippen LogP contribution in [0.5, 0.6) is 5.75 Å². The highest BCUT2D eigenvalue weighted by Gasteiger charge is 2.21. The summed E-state index contributed by atoms with van der Waals surface area (Å²) in [5.41, 5.74) is 4.17. The quantitative estimate of drug-likeness (QED) is 0.265. The molecule has 0 radical (unpaired) electrons. The lowest BCUT2D eigenvalue weighted by molar-refractivity contribution is -0.385. The first-order chi connectivity index (χ1) is 14.7. The van der Waals surface area contributed by atoms with Crippen molar-refractivity contribution in [3.63, 3.8) is 0 Å². The van der Waals surface area contributed by atoms with Gasteiger partial charge in [0.05, 0.1) is 10.5 Å². The predicted octanol–water partition coefficient (Wildman–Crippen LogP) is 5.29. The number of aryl methyl sites for hydroxylation is 3. The van der Waals surface area contributed by atoms with Crippen LogP contribution in [0.2, 0.25) is 0 Å². The van der Waals surface area contributed by atoms with E-state index in [9.17, 15) is 20.0 Å². The predicted molar refractivity (Wildman–Crippen MR) is 116 cm³/mol. The van der Waals surface area contributed by atoms with Crippen LogP contribution in [0.4, 0.5) is 11.4 Å². The Balaban J connectivity index is 1.74. The van der Waals surface area contributed by atoms with Crippen LogP contribution in [-0.4, -0.2) is 20.9 Å². The zero-order valence-corrected chi connectivity index (χ0v) is 17.1. The lowest BCUT2D eigenvalue weighted by Gasteiger charge is -2.10. The molecule has 8 nitrogen and oxygen atoms in total. The Kier molecular flexibility index (Phi) is 4.90. The smallest absolute Gasteiger partial charge is 0.282 e. The Bertz CT molecular complexity index is 1320. The number of phenols is 1. The molecule has 0 saturated heterocycles. The molecule has 31 heavy (non-hydrogen) atoms. The highest BCUT2D eigenvalue weighted by atomic mass is 16.6. The van der Waals surface area contributed by atoms with Crippen LogP contribution in [0.1, 0.15) is 27.0 Å². The van der Waals surface area contributed by atoms with Gasteiger partial charge in [0.1, 0.15) is 16.8 Å². The minimum absolute atomic E-state index is 0.0244. The number of phenolic OH excluding ortho intramolecular Hbond substituents is 1. The second-order valence-electron chi connectivity index (χ2n) is 7.34. The number of nitro benzene ring substituents is 1. The lowest BCUT2D eigenvalue weighted by Crippen LogP contribution is -2.14. The number of oxazole rings is 1. The zero-order valence-electron chi connectivity index (χ0n) is 17.1. The van der Waals surface area contributed by atoms with Crippen molar-refractivity contribution in [1.29, 1.82) is 0 Å². The van der Waals surface area contributed by atoms with Crippen molar-refractivity contribution < 1.29 is 19.2 Å². The highest BCUT2D eigenvalue weighted by Crippen LogP contribution is 2.36. The van der Waals surface area contributed by atoms with Gasteiger partial charge in [-0.15, -0.1) is 0 Å². The minimum Gasteiger partial charge on any atom is -0.507 e. The summed E-state index contributed by atoms with van der Waals surface area (Å²) in [5.74, 6) is -0.446. The number of aromatic nitrogens is 1. The number of aromatic hydroxyl groups is 1. The van der Waals surface area contributed by atoms with Crippen molar-refractivity contribution >= 4 is 28.4 Å². The van der Waals surface area contributed by atoms with Gasteiger partial charge >= 0.3 is 0 Å². The lowest BCUT2D eigenvalue weighted by atomic mass is 10.1. The van der Waals surface area contributed by atoms with Gasteiger partial charge in [0.25, 0.3) is 11.6 Å². The molecule has 0 aliphatic rings. The standard InChI is InChI=1S/C23H19N3O5/c1-12-9-18-20(10-13(12)2)31-23(25-18)17-11-15(8-14(3)21(17)27)24-22(28)16-6-4-5-7-19(16)26(29)30/h4-11,27H,1-3H3,(H,24,28). The molecule has 4 rings (SSSR count). The first-order valence-corrected chi connectivity index (χ1v) is 9.51. The molecule has 8 heteroatoms. The van der Waals surface area contributed by atoms with E-state index < -0.39 is 10.8 Å². The topological polar surface area (TPSA) is 118 Å². The summed E-state index contributed by atoms with van der Waals surface area (Å²) in [6.07, 6.45) is 0. The number of para-hydroxylation sites is 1. The first-order valence-electron chi connectivity index (χ1n) is 9.51. The van der Waals surface area contributed by atoms with E-state index in [2.05, 4.69) is 10.3 Å². The van der Waals surface area contributed by atoms with E-state index in [4.69, 9.17) is 4.42 Å². The number of fused-ring (bicyclic) bond motifs is 1. The number of anilines is 1. The van der Waals surface area contributed by atoms with Crippen LogP contribution in [0.25, 0.3) is 22.6 Å². The van der Waals surface area contributed by atoms with Gasteiger partial charge in [-0.25, -0.2) is 4.98 Å². The van der Waals surface area contributed by atoms with E-state index in [-0.39, 0.29) is 22.9 Å². The summed E-state index contributed by atoms with van der Waals surface area (Å²) in [6, 6.07) is 12.6. The molecule has 2 N–H and O–H groups in total. The summed E-state index contributed by atoms with van der Waals surface area (Å²) in [7, 11) is 0. The Hall–Kier alpha value is -4.20. The van der Waals surface area contributed by atoms with Crippen LogP contribution < -0.4 is 5.32 Å². The monoisotopic (exact) mass is 417 g/mol. The Morgan fingerprint density at radius 2 is 1.77 bits per heavy atom. The summed E-state index contributed by atoms with van der Waals surface area (Å²) in [6.45, 7) is 5.62. The Morgan fingerprint density at radius 3 is 2.52 bits per heavy atom. The molecule has 0 unspecified atom stereocenters. The first kappa shape index (κ1) is 20.1. The molecule has 1 amide bonds. The molecule has 1 aromatic heterocycles. The summed E-state index contributed by atoms with van der Waals surface area (Å²) in [4.78, 5) is 27.8. The fourth-order valence-electron chi connectivity index (χ4n) is 3.33. The highest BCUT2D eigenvalue weighted by molar-refractivity contribution is 6.07. The molecule has 0 aliphatic carbocycles. The third-order valence-corrected chi connectivity index (χ3v) is 5.14. The molecule has 0 spiro atoms. The number of nitro groups is 1. The molecule has 0 fully saturated rings. The van der Waals surface area contributed by atoms with Gasteiger partial charge in [0.2, 0.25) is 5.89 Å². The van der Waals surface area contributed by atoms with Gasteiger partial charge in [0.15, 0.2) is 5.58 Å². The zero-order chi connectivity index (χ0) is 22.3. The fraction of sp³-hybridized carbons (Fsp3) is 0.130. The molecular weight excluding hydrogens is 398 g/mol. The van der Waals surface area contributed by atoms with Crippen molar-refractivity contribution in [3.8, 4) is 17.2 Å². The Morgan fingerprint density at radius 1 is 1.06 bits per heavy atom. The van der Waals surface area contributed by atoms with Crippen LogP contribution in [0, 0.1) is 30.9 Å². The molecule has 3 aromatic carbocycles. The van der Waals surface area contributed by atoms with Gasteiger partial charge in [-0.3, -0.25) is 14.9 Å². The van der Waals surface area contributed by atoms with Crippen molar-refractivity contribution in [1.82, 2.24) is 4.98 Å². The number of nitrogens with zero attached hydrogens (tertiary/aromatic N) is 2. The van der Waals surface area contributed by atoms with Gasteiger partial charge < -0.3 is 14.8 Å². The van der Waals surface area contributed by atoms with Crippen molar-refractivity contribution in [2.24, 2.45) is 0 Å². The van der Waals surface area contributed by atoms with Gasteiger partial charge in [-0.05, 0) is 67.8 Å². The molecular formula is C23H19N3O5. The summed E-state index contributed by atoms with van der Waals surface area (Å²) in [5, 5.41) is 24.5. The van der Waals surface area contributed by atoms with E-state index in [1.807, 2.05) is 26.0 Å². The van der Waals surface area contributed by atoms with E-state index in [1.165, 1.54) is 24.3 Å². The average Bonchev–Trinajstić information content (AvgIpc) is 3.13.